The summed E-state index contributed by atoms with van der Waals surface area (Å²) in [6.07, 6.45) is 0. The van der Waals surface area contributed by atoms with E-state index in [4.69, 9.17) is 4.42 Å². The third-order valence-corrected chi connectivity index (χ3v) is 6.30. The van der Waals surface area contributed by atoms with E-state index in [1.54, 1.807) is 68.4 Å². The quantitative estimate of drug-likeness (QED) is 0.470. The van der Waals surface area contributed by atoms with Crippen molar-refractivity contribution in [2.24, 2.45) is 0 Å². The highest BCUT2D eigenvalue weighted by Crippen LogP contribution is 2.30. The first-order valence-electron chi connectivity index (χ1n) is 9.33. The van der Waals surface area contributed by atoms with Gasteiger partial charge in [-0.1, -0.05) is 36.4 Å². The minimum absolute atomic E-state index is 0.204. The minimum Gasteiger partial charge on any atom is -0.461 e. The van der Waals surface area contributed by atoms with Gasteiger partial charge in [0.15, 0.2) is 0 Å². The standard InChI is InChI=1S/C23H20N2O4S/c1-15-8-6-7-11-21(15)30(27,28)25-18-12-13-20-19(14-18)22(16(2)29-20)23(26)24-17-9-4-3-5-10-17/h3-14,25H,1-2H3,(H,24,26). The molecule has 2 N–H and O–H groups in total. The van der Waals surface area contributed by atoms with Crippen molar-refractivity contribution >= 4 is 38.3 Å². The predicted molar refractivity (Wildman–Crippen MR) is 117 cm³/mol. The summed E-state index contributed by atoms with van der Waals surface area (Å²) in [6.45, 7) is 3.44. The molecule has 1 heterocycles. The number of amides is 1. The van der Waals surface area contributed by atoms with E-state index in [1.807, 2.05) is 18.2 Å². The molecule has 6 nitrogen and oxygen atoms in total. The fourth-order valence-corrected chi connectivity index (χ4v) is 4.65. The van der Waals surface area contributed by atoms with Gasteiger partial charge in [-0.25, -0.2) is 8.42 Å². The van der Waals surface area contributed by atoms with Crippen LogP contribution in [0.1, 0.15) is 21.7 Å². The molecule has 4 rings (SSSR count). The molecule has 0 atom stereocenters. The monoisotopic (exact) mass is 420 g/mol. The maximum absolute atomic E-state index is 12.9. The van der Waals surface area contributed by atoms with Crippen LogP contribution < -0.4 is 10.0 Å². The number of sulfonamides is 1. The van der Waals surface area contributed by atoms with E-state index in [9.17, 15) is 13.2 Å². The van der Waals surface area contributed by atoms with Crippen LogP contribution in [0.3, 0.4) is 0 Å². The lowest BCUT2D eigenvalue weighted by Crippen LogP contribution is -2.14. The van der Waals surface area contributed by atoms with Crippen molar-refractivity contribution in [3.05, 3.63) is 89.7 Å². The zero-order valence-corrected chi connectivity index (χ0v) is 17.3. The Hall–Kier alpha value is -3.58. The Labute approximate surface area is 174 Å². The Morgan fingerprint density at radius 2 is 1.57 bits per heavy atom. The molecule has 1 aromatic heterocycles. The van der Waals surface area contributed by atoms with Crippen molar-refractivity contribution in [2.75, 3.05) is 10.0 Å². The topological polar surface area (TPSA) is 88.4 Å². The number of benzene rings is 3. The number of carbonyl (C=O) groups is 1. The zero-order chi connectivity index (χ0) is 21.3. The Bertz CT molecular complexity index is 1340. The predicted octanol–water partition coefficient (Wildman–Crippen LogP) is 5.10. The molecular formula is C23H20N2O4S. The van der Waals surface area contributed by atoms with E-state index in [0.717, 1.165) is 0 Å². The summed E-state index contributed by atoms with van der Waals surface area (Å²) < 4.78 is 33.9. The highest BCUT2D eigenvalue weighted by Gasteiger charge is 2.21. The average Bonchev–Trinajstić information content (AvgIpc) is 3.03. The van der Waals surface area contributed by atoms with Gasteiger partial charge in [-0.15, -0.1) is 0 Å². The third kappa shape index (κ3) is 3.79. The molecule has 30 heavy (non-hydrogen) atoms. The summed E-state index contributed by atoms with van der Waals surface area (Å²) in [5.74, 6) is 0.133. The van der Waals surface area contributed by atoms with Gasteiger partial charge in [-0.3, -0.25) is 9.52 Å². The number of hydrogen-bond donors (Lipinski definition) is 2. The second-order valence-electron chi connectivity index (χ2n) is 6.94. The molecule has 0 radical (unpaired) electrons. The van der Waals surface area contributed by atoms with Gasteiger partial charge in [0, 0.05) is 16.8 Å². The van der Waals surface area contributed by atoms with E-state index >= 15 is 0 Å². The molecule has 0 unspecified atom stereocenters. The second-order valence-corrected chi connectivity index (χ2v) is 8.59. The van der Waals surface area contributed by atoms with E-state index in [1.165, 1.54) is 0 Å². The first kappa shape index (κ1) is 19.7. The van der Waals surface area contributed by atoms with Crippen LogP contribution >= 0.6 is 0 Å². The number of nitrogens with one attached hydrogen (secondary N) is 2. The van der Waals surface area contributed by atoms with Gasteiger partial charge in [-0.05, 0) is 55.8 Å². The number of furan rings is 1. The molecule has 0 spiro atoms. The molecule has 7 heteroatoms. The lowest BCUT2D eigenvalue weighted by atomic mass is 10.1. The largest absolute Gasteiger partial charge is 0.461 e. The van der Waals surface area contributed by atoms with Crippen molar-refractivity contribution in [3.8, 4) is 0 Å². The van der Waals surface area contributed by atoms with Gasteiger partial charge in [0.2, 0.25) is 0 Å². The fourth-order valence-electron chi connectivity index (χ4n) is 3.35. The zero-order valence-electron chi connectivity index (χ0n) is 16.5. The van der Waals surface area contributed by atoms with Crippen LogP contribution in [-0.2, 0) is 10.0 Å². The number of carbonyl (C=O) groups excluding carboxylic acids is 1. The lowest BCUT2D eigenvalue weighted by Gasteiger charge is -2.10. The van der Waals surface area contributed by atoms with Crippen molar-refractivity contribution in [2.45, 2.75) is 18.7 Å². The Balaban J connectivity index is 1.70. The highest BCUT2D eigenvalue weighted by atomic mass is 32.2. The number of hydrogen-bond acceptors (Lipinski definition) is 4. The van der Waals surface area contributed by atoms with Gasteiger partial charge < -0.3 is 9.73 Å². The SMILES string of the molecule is Cc1ccccc1S(=O)(=O)Nc1ccc2oc(C)c(C(=O)Nc3ccccc3)c2c1. The summed E-state index contributed by atoms with van der Waals surface area (Å²) in [5.41, 5.74) is 2.52. The Kier molecular flexibility index (Phi) is 5.05. The molecule has 0 aliphatic carbocycles. The van der Waals surface area contributed by atoms with Gasteiger partial charge in [0.05, 0.1) is 10.5 Å². The molecule has 4 aromatic rings. The van der Waals surface area contributed by atoms with Crippen LogP contribution in [0.25, 0.3) is 11.0 Å². The number of rotatable bonds is 5. The maximum Gasteiger partial charge on any atom is 0.262 e. The van der Waals surface area contributed by atoms with Gasteiger partial charge in [-0.2, -0.15) is 0 Å². The van der Waals surface area contributed by atoms with Gasteiger partial charge in [0.1, 0.15) is 11.3 Å². The molecular weight excluding hydrogens is 400 g/mol. The third-order valence-electron chi connectivity index (χ3n) is 4.76. The highest BCUT2D eigenvalue weighted by molar-refractivity contribution is 7.92. The van der Waals surface area contributed by atoms with Crippen LogP contribution in [0.15, 0.2) is 82.1 Å². The van der Waals surface area contributed by atoms with Crippen LogP contribution in [0, 0.1) is 13.8 Å². The van der Waals surface area contributed by atoms with Crippen molar-refractivity contribution in [1.82, 2.24) is 0 Å². The Morgan fingerprint density at radius 3 is 2.30 bits per heavy atom. The number of fused-ring (bicyclic) bond motifs is 1. The second kappa shape index (κ2) is 7.68. The Morgan fingerprint density at radius 1 is 0.867 bits per heavy atom. The van der Waals surface area contributed by atoms with Crippen LogP contribution in [0.2, 0.25) is 0 Å². The first-order chi connectivity index (χ1) is 14.3. The molecule has 0 fully saturated rings. The van der Waals surface area contributed by atoms with Crippen molar-refractivity contribution in [3.63, 3.8) is 0 Å². The molecule has 0 aliphatic heterocycles. The molecule has 0 bridgehead atoms. The fraction of sp³-hybridized carbons (Fsp3) is 0.0870. The normalized spacial score (nSPS) is 11.4. The number of anilines is 2. The lowest BCUT2D eigenvalue weighted by molar-refractivity contribution is 0.102. The smallest absolute Gasteiger partial charge is 0.262 e. The molecule has 0 saturated heterocycles. The first-order valence-corrected chi connectivity index (χ1v) is 10.8. The summed E-state index contributed by atoms with van der Waals surface area (Å²) in [6, 6.07) is 20.7. The molecule has 3 aromatic carbocycles. The van der Waals surface area contributed by atoms with E-state index in [0.29, 0.717) is 39.2 Å². The van der Waals surface area contributed by atoms with Gasteiger partial charge in [0.25, 0.3) is 15.9 Å². The summed E-state index contributed by atoms with van der Waals surface area (Å²) in [5, 5.41) is 3.37. The van der Waals surface area contributed by atoms with Crippen LogP contribution in [0.4, 0.5) is 11.4 Å². The van der Waals surface area contributed by atoms with Crippen molar-refractivity contribution in [1.29, 1.82) is 0 Å². The molecule has 0 saturated carbocycles. The molecule has 152 valence electrons. The minimum atomic E-state index is -3.77. The average molecular weight is 420 g/mol. The molecule has 1 amide bonds. The van der Waals surface area contributed by atoms with E-state index in [2.05, 4.69) is 10.0 Å². The summed E-state index contributed by atoms with van der Waals surface area (Å²) in [4.78, 5) is 13.1. The van der Waals surface area contributed by atoms with Crippen LogP contribution in [-0.4, -0.2) is 14.3 Å². The van der Waals surface area contributed by atoms with Gasteiger partial charge >= 0.3 is 0 Å². The summed E-state index contributed by atoms with van der Waals surface area (Å²) >= 11 is 0. The molecule has 0 aliphatic rings. The van der Waals surface area contributed by atoms with E-state index < -0.39 is 10.0 Å². The number of aryl methyl sites for hydroxylation is 2. The maximum atomic E-state index is 12.9. The van der Waals surface area contributed by atoms with Crippen molar-refractivity contribution < 1.29 is 17.6 Å². The van der Waals surface area contributed by atoms with Crippen LogP contribution in [0.5, 0.6) is 0 Å². The van der Waals surface area contributed by atoms with E-state index in [-0.39, 0.29) is 10.8 Å². The summed E-state index contributed by atoms with van der Waals surface area (Å²) in [7, 11) is -3.77. The number of para-hydroxylation sites is 1.